The highest BCUT2D eigenvalue weighted by Crippen LogP contribution is 2.34. The number of hydrogen-bond donors (Lipinski definition) is 3. The Hall–Kier alpha value is -3.66. The van der Waals surface area contributed by atoms with Gasteiger partial charge in [0, 0.05) is 65.2 Å². The highest BCUT2D eigenvalue weighted by Gasteiger charge is 2.34. The van der Waals surface area contributed by atoms with Crippen LogP contribution in [0.5, 0.6) is 0 Å². The molecule has 0 radical (unpaired) electrons. The van der Waals surface area contributed by atoms with Gasteiger partial charge in [0.05, 0.1) is 37.8 Å². The standard InChI is InChI=1S/C16H9Cl3F3N3O3S.C16H10Cl2F3N3O4S.C4H8O.Cl2OS/c17-5-8-1-2-10(18)13(3-8)29(27,28)24-15(26)12-7-25-6-9(16(20,21)22)4-11(19)14(25)23-12;17-10-2-1-8(7-25)3-13(10)29(27,28)23-15(26)12-6-24-5-9(16(19,20)21)4-11(18)14(24)22-12;1-2-4-5-3-1;1-4(2)3/h1-4,6-7H,5H2,(H,24,26);1-6,25H,7H2,(H,23,26);1-4H2;. The summed E-state index contributed by atoms with van der Waals surface area (Å²) in [6.45, 7) is 1.54. The Bertz CT molecular complexity index is 2850. The fourth-order valence-electron chi connectivity index (χ4n) is 5.30. The van der Waals surface area contributed by atoms with Gasteiger partial charge in [0.1, 0.15) is 21.2 Å². The Kier molecular flexibility index (Phi) is 19.4. The molecule has 31 heteroatoms. The number of sulfonamides is 2. The second kappa shape index (κ2) is 23.3. The molecule has 15 nitrogen and oxygen atoms in total. The van der Waals surface area contributed by atoms with Crippen LogP contribution in [0.3, 0.4) is 0 Å². The summed E-state index contributed by atoms with van der Waals surface area (Å²) < 4.78 is 147. The number of alkyl halides is 7. The number of benzene rings is 2. The molecule has 0 atom stereocenters. The Morgan fingerprint density at radius 1 is 0.672 bits per heavy atom. The molecule has 67 heavy (non-hydrogen) atoms. The van der Waals surface area contributed by atoms with Gasteiger partial charge < -0.3 is 18.6 Å². The summed E-state index contributed by atoms with van der Waals surface area (Å²) in [5.41, 5.74) is -2.70. The number of aliphatic hydroxyl groups excluding tert-OH is 1. The number of imidazole rings is 2. The van der Waals surface area contributed by atoms with E-state index in [0.29, 0.717) is 30.1 Å². The van der Waals surface area contributed by atoms with Crippen LogP contribution in [-0.4, -0.2) is 69.9 Å². The summed E-state index contributed by atoms with van der Waals surface area (Å²) in [4.78, 5) is 31.4. The molecule has 1 aliphatic heterocycles. The number of pyridine rings is 2. The third-order valence-electron chi connectivity index (χ3n) is 8.32. The van der Waals surface area contributed by atoms with Crippen molar-refractivity contribution in [3.05, 3.63) is 127 Å². The first-order valence-corrected chi connectivity index (χ1v) is 25.6. The van der Waals surface area contributed by atoms with Crippen molar-refractivity contribution in [2.24, 2.45) is 0 Å². The number of aromatic nitrogens is 4. The van der Waals surface area contributed by atoms with Crippen molar-refractivity contribution in [1.29, 1.82) is 0 Å². The lowest BCUT2D eigenvalue weighted by Gasteiger charge is -2.08. The molecule has 1 fully saturated rings. The maximum atomic E-state index is 12.9. The largest absolute Gasteiger partial charge is 0.417 e. The smallest absolute Gasteiger partial charge is 0.392 e. The third kappa shape index (κ3) is 15.4. The number of nitrogens with one attached hydrogen (secondary N) is 2. The molecule has 0 spiro atoms. The molecule has 1 saturated heterocycles. The molecule has 5 heterocycles. The van der Waals surface area contributed by atoms with Crippen LogP contribution in [0.2, 0.25) is 20.1 Å². The number of ether oxygens (including phenoxy) is 1. The van der Waals surface area contributed by atoms with Crippen LogP contribution in [-0.2, 0) is 58.8 Å². The summed E-state index contributed by atoms with van der Waals surface area (Å²) in [6, 6.07) is 9.01. The second-order valence-electron chi connectivity index (χ2n) is 13.1. The summed E-state index contributed by atoms with van der Waals surface area (Å²) in [6.07, 6.45) is -3.60. The van der Waals surface area contributed by atoms with E-state index in [1.165, 1.54) is 43.2 Å². The van der Waals surface area contributed by atoms with E-state index >= 15 is 0 Å². The van der Waals surface area contributed by atoms with Crippen LogP contribution in [0.15, 0.2) is 83.1 Å². The van der Waals surface area contributed by atoms with Gasteiger partial charge in [-0.25, -0.2) is 40.5 Å². The lowest BCUT2D eigenvalue weighted by Crippen LogP contribution is -2.31. The number of nitrogens with zero attached hydrogens (tertiary/aromatic N) is 4. The van der Waals surface area contributed by atoms with Crippen LogP contribution < -0.4 is 9.44 Å². The minimum atomic E-state index is -4.68. The average Bonchev–Trinajstić information content (AvgIpc) is 4.03. The van der Waals surface area contributed by atoms with E-state index in [9.17, 15) is 52.8 Å². The molecule has 364 valence electrons. The van der Waals surface area contributed by atoms with Gasteiger partial charge in [0.25, 0.3) is 31.9 Å². The molecular formula is C36H27Cl7F6N6O9S3. The molecular weight excluding hydrogens is 1120 g/mol. The van der Waals surface area contributed by atoms with Crippen LogP contribution in [0.4, 0.5) is 26.3 Å². The SMILES string of the molecule is C1CCOC1.O=C(NS(=O)(=O)c1cc(CCl)ccc1Cl)c1cn2cc(C(F)(F)F)cc(Cl)c2n1.O=C(NS(=O)(=O)c1cc(CO)ccc1Cl)c1cn2cc(C(F)(F)F)cc(Cl)c2n1.O=S(Cl)Cl. The molecule has 0 saturated carbocycles. The quantitative estimate of drug-likeness (QED) is 0.0743. The number of aliphatic hydroxyl groups is 1. The van der Waals surface area contributed by atoms with E-state index in [0.717, 1.165) is 40.5 Å². The van der Waals surface area contributed by atoms with E-state index in [2.05, 4.69) is 31.3 Å². The van der Waals surface area contributed by atoms with Crippen LogP contribution in [0.1, 0.15) is 56.1 Å². The van der Waals surface area contributed by atoms with Crippen LogP contribution in [0.25, 0.3) is 11.3 Å². The lowest BCUT2D eigenvalue weighted by molar-refractivity contribution is -0.138. The van der Waals surface area contributed by atoms with Crippen molar-refractivity contribution >= 4 is 132 Å². The predicted molar refractivity (Wildman–Crippen MR) is 238 cm³/mol. The van der Waals surface area contributed by atoms with Crippen molar-refractivity contribution < 1.29 is 66.8 Å². The van der Waals surface area contributed by atoms with Gasteiger partial charge in [-0.15, -0.1) is 11.6 Å². The molecule has 1 aliphatic rings. The van der Waals surface area contributed by atoms with Crippen molar-refractivity contribution in [1.82, 2.24) is 28.2 Å². The Labute approximate surface area is 411 Å². The fraction of sp³-hybridized carbons (Fsp3) is 0.222. The van der Waals surface area contributed by atoms with E-state index in [1.807, 2.05) is 0 Å². The van der Waals surface area contributed by atoms with E-state index in [4.69, 9.17) is 72.1 Å². The van der Waals surface area contributed by atoms with Crippen LogP contribution >= 0.6 is 79.4 Å². The van der Waals surface area contributed by atoms with Gasteiger partial charge in [0.15, 0.2) is 11.3 Å². The molecule has 7 rings (SSSR count). The number of amides is 2. The molecule has 0 bridgehead atoms. The number of carbonyl (C=O) groups excluding carboxylic acids is 2. The Morgan fingerprint density at radius 2 is 1.04 bits per heavy atom. The minimum Gasteiger partial charge on any atom is -0.392 e. The van der Waals surface area contributed by atoms with Crippen molar-refractivity contribution in [3.8, 4) is 0 Å². The zero-order valence-corrected chi connectivity index (χ0v) is 40.6. The number of carbonyl (C=O) groups is 2. The zero-order valence-electron chi connectivity index (χ0n) is 32.8. The Balaban J connectivity index is 0.000000246. The fourth-order valence-corrected chi connectivity index (χ4v) is 9.01. The third-order valence-corrected chi connectivity index (χ3v) is 12.8. The highest BCUT2D eigenvalue weighted by molar-refractivity contribution is 8.26. The molecule has 2 aromatic carbocycles. The van der Waals surface area contributed by atoms with E-state index in [-0.39, 0.29) is 47.7 Å². The number of fused-ring (bicyclic) bond motifs is 2. The maximum absolute atomic E-state index is 12.9. The molecule has 0 aliphatic carbocycles. The summed E-state index contributed by atoms with van der Waals surface area (Å²) in [5.74, 6) is -2.37. The molecule has 3 N–H and O–H groups in total. The van der Waals surface area contributed by atoms with Gasteiger partial charge in [-0.3, -0.25) is 9.59 Å². The highest BCUT2D eigenvalue weighted by atomic mass is 36.0. The summed E-state index contributed by atoms with van der Waals surface area (Å²) in [7, 11) is -1.50. The van der Waals surface area contributed by atoms with Crippen molar-refractivity contribution in [3.63, 3.8) is 0 Å². The zero-order chi connectivity index (χ0) is 50.2. The van der Waals surface area contributed by atoms with Gasteiger partial charge in [-0.2, -0.15) is 26.3 Å². The molecule has 6 aromatic rings. The van der Waals surface area contributed by atoms with Gasteiger partial charge in [-0.1, -0.05) is 58.5 Å². The van der Waals surface area contributed by atoms with Gasteiger partial charge >= 0.3 is 12.4 Å². The lowest BCUT2D eigenvalue weighted by atomic mass is 10.2. The maximum Gasteiger partial charge on any atom is 0.417 e. The first kappa shape index (κ1) is 55.9. The monoisotopic (exact) mass is 1140 g/mol. The minimum absolute atomic E-state index is 0.0140. The number of halogens is 13. The van der Waals surface area contributed by atoms with E-state index in [1.54, 1.807) is 9.44 Å². The molecule has 4 aromatic heterocycles. The van der Waals surface area contributed by atoms with Gasteiger partial charge in [-0.05, 0) is 60.4 Å². The topological polar surface area (TPSA) is 208 Å². The molecule has 2 amide bonds. The van der Waals surface area contributed by atoms with Gasteiger partial charge in [0.2, 0.25) is 9.23 Å². The van der Waals surface area contributed by atoms with Crippen molar-refractivity contribution in [2.45, 2.75) is 47.5 Å². The second-order valence-corrected chi connectivity index (χ2v) is 20.8. The summed E-state index contributed by atoms with van der Waals surface area (Å²) in [5, 5.41) is 8.05. The van der Waals surface area contributed by atoms with Crippen molar-refractivity contribution in [2.75, 3.05) is 13.2 Å². The van der Waals surface area contributed by atoms with E-state index < -0.39 is 87.5 Å². The first-order valence-electron chi connectivity index (χ1n) is 17.8. The normalized spacial score (nSPS) is 13.0. The number of hydrogen-bond acceptors (Lipinski definition) is 11. The molecule has 0 unspecified atom stereocenters. The first-order chi connectivity index (χ1) is 31.1. The Morgan fingerprint density at radius 3 is 1.37 bits per heavy atom. The summed E-state index contributed by atoms with van der Waals surface area (Å²) >= 11 is 29.0. The number of rotatable bonds is 8. The predicted octanol–water partition coefficient (Wildman–Crippen LogP) is 9.63. The van der Waals surface area contributed by atoms with Crippen LogP contribution in [0, 0.1) is 0 Å². The average molecular weight is 1150 g/mol.